The number of halogens is 1. The van der Waals surface area contributed by atoms with Crippen LogP contribution in [0.3, 0.4) is 0 Å². The summed E-state index contributed by atoms with van der Waals surface area (Å²) in [5, 5.41) is 17.1. The highest BCUT2D eigenvalue weighted by atomic mass is 19.1. The van der Waals surface area contributed by atoms with E-state index in [1.807, 2.05) is 0 Å². The van der Waals surface area contributed by atoms with Crippen molar-refractivity contribution in [1.82, 2.24) is 20.3 Å². The molecule has 21 heavy (non-hydrogen) atoms. The van der Waals surface area contributed by atoms with Crippen LogP contribution in [0.2, 0.25) is 0 Å². The van der Waals surface area contributed by atoms with Gasteiger partial charge in [-0.05, 0) is 19.1 Å². The van der Waals surface area contributed by atoms with Gasteiger partial charge in [0.25, 0.3) is 0 Å². The van der Waals surface area contributed by atoms with Gasteiger partial charge in [-0.25, -0.2) is 4.39 Å². The van der Waals surface area contributed by atoms with Crippen LogP contribution in [-0.4, -0.2) is 20.3 Å². The number of benzene rings is 1. The maximum absolute atomic E-state index is 13.5. The monoisotopic (exact) mass is 286 g/mol. The lowest BCUT2D eigenvalue weighted by molar-refractivity contribution is 0.400. The van der Waals surface area contributed by atoms with Gasteiger partial charge in [-0.1, -0.05) is 17.3 Å². The summed E-state index contributed by atoms with van der Waals surface area (Å²) in [6.07, 6.45) is 1.43. The van der Waals surface area contributed by atoms with Crippen molar-refractivity contribution in [3.05, 3.63) is 48.1 Å². The van der Waals surface area contributed by atoms with E-state index >= 15 is 0 Å². The Morgan fingerprint density at radius 2 is 2.00 bits per heavy atom. The first kappa shape index (κ1) is 13.0. The summed E-state index contributed by atoms with van der Waals surface area (Å²) in [4.78, 5) is 4.17. The lowest BCUT2D eigenvalue weighted by Crippen LogP contribution is -2.03. The van der Waals surface area contributed by atoms with E-state index in [9.17, 15) is 4.39 Å². The maximum atomic E-state index is 13.5. The number of hydrogen-bond donors (Lipinski definition) is 2. The molecule has 0 fully saturated rings. The Morgan fingerprint density at radius 3 is 2.76 bits per heavy atom. The fourth-order valence-electron chi connectivity index (χ4n) is 1.66. The summed E-state index contributed by atoms with van der Waals surface area (Å²) >= 11 is 0. The second-order valence-corrected chi connectivity index (χ2v) is 4.22. The molecule has 2 aromatic heterocycles. The Labute approximate surface area is 119 Å². The highest BCUT2D eigenvalue weighted by molar-refractivity contribution is 5.56. The van der Waals surface area contributed by atoms with E-state index in [0.717, 1.165) is 0 Å². The van der Waals surface area contributed by atoms with E-state index in [2.05, 4.69) is 31.0 Å². The van der Waals surface area contributed by atoms with Gasteiger partial charge >= 0.3 is 0 Å². The van der Waals surface area contributed by atoms with Crippen LogP contribution >= 0.6 is 0 Å². The van der Waals surface area contributed by atoms with E-state index in [0.29, 0.717) is 17.4 Å². The van der Waals surface area contributed by atoms with Gasteiger partial charge in [0.05, 0.1) is 11.9 Å². The number of nitrogens with zero attached hydrogens (tertiary/aromatic N) is 4. The second kappa shape index (κ2) is 5.53. The molecule has 0 spiro atoms. The standard InChI is InChI=1S/C13H11FN6O/c1-8-6-11(20-21-8)17-12-7-15-19-13(18-12)16-10-5-3-2-4-9(10)14/h2-7H,1H3,(H2,16,17,18,19,20). The summed E-state index contributed by atoms with van der Waals surface area (Å²) in [5.74, 6) is 1.36. The molecule has 0 aliphatic heterocycles. The smallest absolute Gasteiger partial charge is 0.249 e. The zero-order chi connectivity index (χ0) is 14.7. The summed E-state index contributed by atoms with van der Waals surface area (Å²) in [5.41, 5.74) is 0.272. The van der Waals surface area contributed by atoms with Gasteiger partial charge in [-0.2, -0.15) is 10.1 Å². The lowest BCUT2D eigenvalue weighted by Gasteiger charge is -2.06. The van der Waals surface area contributed by atoms with Crippen molar-refractivity contribution in [3.8, 4) is 0 Å². The van der Waals surface area contributed by atoms with E-state index in [1.165, 1.54) is 12.3 Å². The first-order chi connectivity index (χ1) is 10.2. The minimum Gasteiger partial charge on any atom is -0.360 e. The second-order valence-electron chi connectivity index (χ2n) is 4.22. The molecule has 0 saturated heterocycles. The van der Waals surface area contributed by atoms with Gasteiger partial charge in [0.15, 0.2) is 11.6 Å². The van der Waals surface area contributed by atoms with Crippen molar-refractivity contribution in [2.75, 3.05) is 10.6 Å². The molecule has 0 unspecified atom stereocenters. The minimum atomic E-state index is -0.397. The molecule has 0 amide bonds. The fourth-order valence-corrected chi connectivity index (χ4v) is 1.66. The summed E-state index contributed by atoms with van der Waals surface area (Å²) in [6.45, 7) is 1.78. The van der Waals surface area contributed by atoms with E-state index in [-0.39, 0.29) is 11.6 Å². The van der Waals surface area contributed by atoms with Crippen molar-refractivity contribution in [2.45, 2.75) is 6.92 Å². The van der Waals surface area contributed by atoms with Crippen LogP contribution in [0.5, 0.6) is 0 Å². The van der Waals surface area contributed by atoms with Crippen LogP contribution in [0.1, 0.15) is 5.76 Å². The highest BCUT2D eigenvalue weighted by Gasteiger charge is 2.06. The Hall–Kier alpha value is -3.03. The molecule has 3 rings (SSSR count). The van der Waals surface area contributed by atoms with Gasteiger partial charge in [0.2, 0.25) is 5.95 Å². The zero-order valence-corrected chi connectivity index (χ0v) is 11.0. The van der Waals surface area contributed by atoms with Gasteiger partial charge in [-0.15, -0.1) is 5.10 Å². The van der Waals surface area contributed by atoms with Gasteiger partial charge < -0.3 is 15.2 Å². The molecule has 3 aromatic rings. The van der Waals surface area contributed by atoms with Crippen LogP contribution in [0.15, 0.2) is 41.1 Å². The molecule has 2 N–H and O–H groups in total. The molecule has 8 heteroatoms. The predicted octanol–water partition coefficient (Wildman–Crippen LogP) is 2.79. The van der Waals surface area contributed by atoms with Crippen LogP contribution in [-0.2, 0) is 0 Å². The largest absolute Gasteiger partial charge is 0.360 e. The maximum Gasteiger partial charge on any atom is 0.249 e. The average molecular weight is 286 g/mol. The van der Waals surface area contributed by atoms with E-state index < -0.39 is 5.82 Å². The molecule has 0 radical (unpaired) electrons. The first-order valence-corrected chi connectivity index (χ1v) is 6.12. The quantitative estimate of drug-likeness (QED) is 0.762. The van der Waals surface area contributed by atoms with Crippen molar-refractivity contribution in [2.24, 2.45) is 0 Å². The number of para-hydroxylation sites is 1. The summed E-state index contributed by atoms with van der Waals surface area (Å²) in [6, 6.07) is 7.95. The molecule has 0 bridgehead atoms. The molecule has 0 aliphatic carbocycles. The Bertz CT molecular complexity index is 760. The number of nitrogens with one attached hydrogen (secondary N) is 2. The van der Waals surface area contributed by atoms with Crippen LogP contribution < -0.4 is 10.6 Å². The Kier molecular flexibility index (Phi) is 3.42. The van der Waals surface area contributed by atoms with Crippen molar-refractivity contribution in [3.63, 3.8) is 0 Å². The SMILES string of the molecule is Cc1cc(Nc2cnnc(Nc3ccccc3F)n2)no1. The molecular weight excluding hydrogens is 275 g/mol. The minimum absolute atomic E-state index is 0.172. The van der Waals surface area contributed by atoms with Gasteiger partial charge in [0.1, 0.15) is 11.6 Å². The third-order valence-corrected chi connectivity index (χ3v) is 2.56. The predicted molar refractivity (Wildman–Crippen MR) is 74.0 cm³/mol. The zero-order valence-electron chi connectivity index (χ0n) is 11.0. The molecule has 0 saturated carbocycles. The molecule has 7 nitrogen and oxygen atoms in total. The first-order valence-electron chi connectivity index (χ1n) is 6.12. The summed E-state index contributed by atoms with van der Waals surface area (Å²) in [7, 11) is 0. The number of anilines is 4. The number of hydrogen-bond acceptors (Lipinski definition) is 7. The van der Waals surface area contributed by atoms with Crippen molar-refractivity contribution in [1.29, 1.82) is 0 Å². The van der Waals surface area contributed by atoms with Crippen LogP contribution in [0, 0.1) is 12.7 Å². The molecule has 0 aliphatic rings. The molecule has 0 atom stereocenters. The normalized spacial score (nSPS) is 10.4. The Morgan fingerprint density at radius 1 is 1.14 bits per heavy atom. The van der Waals surface area contributed by atoms with E-state index in [4.69, 9.17) is 4.52 Å². The van der Waals surface area contributed by atoms with Gasteiger partial charge in [0, 0.05) is 6.07 Å². The molecule has 2 heterocycles. The fraction of sp³-hybridized carbons (Fsp3) is 0.0769. The average Bonchev–Trinajstić information content (AvgIpc) is 2.87. The molecular formula is C13H11FN6O. The van der Waals surface area contributed by atoms with Gasteiger partial charge in [-0.3, -0.25) is 0 Å². The van der Waals surface area contributed by atoms with Crippen LogP contribution in [0.4, 0.5) is 27.7 Å². The lowest BCUT2D eigenvalue weighted by atomic mass is 10.3. The van der Waals surface area contributed by atoms with Crippen LogP contribution in [0.25, 0.3) is 0 Å². The van der Waals surface area contributed by atoms with Crippen molar-refractivity contribution >= 4 is 23.3 Å². The van der Waals surface area contributed by atoms with Crippen molar-refractivity contribution < 1.29 is 8.91 Å². The molecule has 1 aromatic carbocycles. The molecule has 106 valence electrons. The third kappa shape index (κ3) is 3.11. The number of aryl methyl sites for hydroxylation is 1. The number of rotatable bonds is 4. The van der Waals surface area contributed by atoms with E-state index in [1.54, 1.807) is 31.2 Å². The highest BCUT2D eigenvalue weighted by Crippen LogP contribution is 2.18. The number of aromatic nitrogens is 4. The Balaban J connectivity index is 1.78. The topological polar surface area (TPSA) is 88.8 Å². The third-order valence-electron chi connectivity index (χ3n) is 2.56. The summed E-state index contributed by atoms with van der Waals surface area (Å²) < 4.78 is 18.5.